The van der Waals surface area contributed by atoms with Gasteiger partial charge in [0, 0.05) is 19.6 Å². The number of ether oxygens (including phenoxy) is 3. The fraction of sp³-hybridized carbons (Fsp3) is 0.690. The molecule has 0 saturated heterocycles. The molecule has 0 aliphatic rings. The fourth-order valence-electron chi connectivity index (χ4n) is 3.85. The van der Waals surface area contributed by atoms with Crippen LogP contribution in [0.1, 0.15) is 26.3 Å². The second kappa shape index (κ2) is 25.5. The van der Waals surface area contributed by atoms with E-state index in [0.29, 0.717) is 11.3 Å². The number of carbonyl (C=O) groups excluding carboxylic acids is 3. The lowest BCUT2D eigenvalue weighted by Crippen LogP contribution is -2.54. The van der Waals surface area contributed by atoms with Crippen molar-refractivity contribution in [2.45, 2.75) is 38.4 Å². The molecule has 282 valence electrons. The van der Waals surface area contributed by atoms with Gasteiger partial charge in [0.15, 0.2) is 0 Å². The Labute approximate surface area is 293 Å². The first-order valence-corrected chi connectivity index (χ1v) is 18.5. The summed E-state index contributed by atoms with van der Waals surface area (Å²) >= 11 is 4.26. The maximum atomic E-state index is 13.7. The molecule has 0 aliphatic heterocycles. The van der Waals surface area contributed by atoms with E-state index < -0.39 is 35.5 Å². The molecule has 9 N–H and O–H groups in total. The summed E-state index contributed by atoms with van der Waals surface area (Å²) in [4.78, 5) is 54.6. The van der Waals surface area contributed by atoms with E-state index in [2.05, 4.69) is 42.7 Å². The molecular weight excluding hydrogens is 685 g/mol. The molecule has 0 fully saturated rings. The molecule has 1 aromatic carbocycles. The van der Waals surface area contributed by atoms with Crippen LogP contribution in [0.3, 0.4) is 0 Å². The molecule has 0 bridgehead atoms. The minimum atomic E-state index is -3.30. The summed E-state index contributed by atoms with van der Waals surface area (Å²) in [7, 11) is 0. The van der Waals surface area contributed by atoms with E-state index in [1.165, 1.54) is 4.90 Å². The number of hydrogen-bond acceptors (Lipinski definition) is 15. The van der Waals surface area contributed by atoms with E-state index in [1.54, 1.807) is 45.0 Å². The van der Waals surface area contributed by atoms with Crippen molar-refractivity contribution in [1.29, 1.82) is 0 Å². The highest BCUT2D eigenvalue weighted by Gasteiger charge is 2.36. The minimum absolute atomic E-state index is 0.108. The van der Waals surface area contributed by atoms with Gasteiger partial charge < -0.3 is 49.2 Å². The van der Waals surface area contributed by atoms with Crippen LogP contribution in [-0.4, -0.2) is 126 Å². The summed E-state index contributed by atoms with van der Waals surface area (Å²) in [6.07, 6.45) is 0.108. The van der Waals surface area contributed by atoms with Crippen LogP contribution in [0.25, 0.3) is 0 Å². The Morgan fingerprint density at radius 3 is 1.57 bits per heavy atom. The highest BCUT2D eigenvalue weighted by molar-refractivity contribution is 8.46. The lowest BCUT2D eigenvalue weighted by atomic mass is 10.0. The first-order chi connectivity index (χ1) is 23.3. The molecule has 20 heteroatoms. The zero-order valence-corrected chi connectivity index (χ0v) is 30.3. The monoisotopic (exact) mass is 739 g/mol. The van der Waals surface area contributed by atoms with Gasteiger partial charge in [-0.25, -0.2) is 17.7 Å². The van der Waals surface area contributed by atoms with Crippen molar-refractivity contribution in [2.24, 2.45) is 17.7 Å². The quantitative estimate of drug-likeness (QED) is 0.0242. The SMILES string of the molecule is CC(C)(C)P(=O)(S)Oc1ccc(CC(C(=O)NCCOCCON)N(CC(=O)NCCOCCON)CC(=O)NCCOCCON)cc1. The summed E-state index contributed by atoms with van der Waals surface area (Å²) < 4.78 is 34.7. The zero-order valence-electron chi connectivity index (χ0n) is 28.6. The van der Waals surface area contributed by atoms with Crippen molar-refractivity contribution in [2.75, 3.05) is 92.2 Å². The number of benzene rings is 1. The summed E-state index contributed by atoms with van der Waals surface area (Å²) in [5.41, 5.74) is 0.686. The number of rotatable bonds is 28. The van der Waals surface area contributed by atoms with E-state index in [9.17, 15) is 18.9 Å². The third-order valence-electron chi connectivity index (χ3n) is 6.59. The van der Waals surface area contributed by atoms with Crippen molar-refractivity contribution >= 4 is 36.5 Å². The summed E-state index contributed by atoms with van der Waals surface area (Å²) in [5.74, 6) is 14.0. The molecular formula is C29H54N7O11PS. The number of nitrogens with two attached hydrogens (primary N) is 3. The molecule has 0 spiro atoms. The number of nitrogens with zero attached hydrogens (tertiary/aromatic N) is 1. The lowest BCUT2D eigenvalue weighted by Gasteiger charge is -2.30. The van der Waals surface area contributed by atoms with Crippen LogP contribution < -0.4 is 38.2 Å². The Balaban J connectivity index is 3.17. The number of hydrogen-bond donors (Lipinski definition) is 7. The molecule has 18 nitrogen and oxygen atoms in total. The van der Waals surface area contributed by atoms with Gasteiger partial charge in [-0.3, -0.25) is 23.8 Å². The normalized spacial score (nSPS) is 13.5. The predicted molar refractivity (Wildman–Crippen MR) is 184 cm³/mol. The highest BCUT2D eigenvalue weighted by atomic mass is 32.7. The summed E-state index contributed by atoms with van der Waals surface area (Å²) in [6.45, 7) is 3.82. The molecule has 49 heavy (non-hydrogen) atoms. The highest BCUT2D eigenvalue weighted by Crippen LogP contribution is 2.62. The van der Waals surface area contributed by atoms with Crippen LogP contribution in [0.15, 0.2) is 24.3 Å². The molecule has 0 radical (unpaired) electrons. The van der Waals surface area contributed by atoms with Gasteiger partial charge in [0.05, 0.1) is 83.7 Å². The second-order valence-corrected chi connectivity index (χ2v) is 15.6. The fourth-order valence-corrected chi connectivity index (χ4v) is 4.82. The molecule has 0 aliphatic carbocycles. The van der Waals surface area contributed by atoms with Gasteiger partial charge in [0.25, 0.3) is 0 Å². The number of thiol groups is 1. The van der Waals surface area contributed by atoms with Crippen molar-refractivity contribution in [3.05, 3.63) is 29.8 Å². The number of carbonyl (C=O) groups is 3. The Kier molecular flexibility index (Phi) is 23.3. The molecule has 1 aromatic rings. The third-order valence-corrected chi connectivity index (χ3v) is 10.8. The Morgan fingerprint density at radius 2 is 1.16 bits per heavy atom. The molecule has 0 heterocycles. The molecule has 0 aromatic heterocycles. The van der Waals surface area contributed by atoms with Crippen molar-refractivity contribution < 1.29 is 52.2 Å². The largest absolute Gasteiger partial charge is 0.436 e. The Morgan fingerprint density at radius 1 is 0.735 bits per heavy atom. The van der Waals surface area contributed by atoms with Crippen LogP contribution in [0, 0.1) is 0 Å². The van der Waals surface area contributed by atoms with Gasteiger partial charge in [0.2, 0.25) is 17.7 Å². The van der Waals surface area contributed by atoms with Crippen LogP contribution in [-0.2, 0) is 54.1 Å². The van der Waals surface area contributed by atoms with Gasteiger partial charge in [0.1, 0.15) is 5.75 Å². The molecule has 0 saturated carbocycles. The molecule has 3 amide bonds. The van der Waals surface area contributed by atoms with Gasteiger partial charge in [-0.05, 0) is 44.9 Å². The zero-order chi connectivity index (χ0) is 36.5. The second-order valence-electron chi connectivity index (χ2n) is 11.5. The van der Waals surface area contributed by atoms with E-state index >= 15 is 0 Å². The van der Waals surface area contributed by atoms with Crippen LogP contribution >= 0.6 is 18.8 Å². The predicted octanol–water partition coefficient (Wildman–Crippen LogP) is -0.731. The van der Waals surface area contributed by atoms with Gasteiger partial charge in [-0.2, -0.15) is 0 Å². The third kappa shape index (κ3) is 20.2. The first kappa shape index (κ1) is 44.6. The van der Waals surface area contributed by atoms with Gasteiger partial charge in [-0.15, -0.1) is 0 Å². The van der Waals surface area contributed by atoms with E-state index in [0.717, 1.165) is 0 Å². The van der Waals surface area contributed by atoms with Crippen LogP contribution in [0.2, 0.25) is 0 Å². The van der Waals surface area contributed by atoms with Crippen molar-refractivity contribution in [3.8, 4) is 5.75 Å². The summed E-state index contributed by atoms with van der Waals surface area (Å²) in [5, 5.41) is 7.58. The van der Waals surface area contributed by atoms with Gasteiger partial charge in [-0.1, -0.05) is 24.4 Å². The van der Waals surface area contributed by atoms with E-state index in [1.807, 2.05) is 0 Å². The maximum absolute atomic E-state index is 13.7. The molecule has 1 rings (SSSR count). The number of amides is 3. The lowest BCUT2D eigenvalue weighted by molar-refractivity contribution is -0.131. The van der Waals surface area contributed by atoms with E-state index in [-0.39, 0.29) is 98.6 Å². The van der Waals surface area contributed by atoms with Crippen LogP contribution in [0.4, 0.5) is 0 Å². The minimum Gasteiger partial charge on any atom is -0.436 e. The smallest absolute Gasteiger partial charge is 0.305 e. The van der Waals surface area contributed by atoms with E-state index in [4.69, 9.17) is 36.4 Å². The average molecular weight is 740 g/mol. The van der Waals surface area contributed by atoms with Crippen molar-refractivity contribution in [3.63, 3.8) is 0 Å². The van der Waals surface area contributed by atoms with Crippen molar-refractivity contribution in [1.82, 2.24) is 20.9 Å². The number of nitrogens with one attached hydrogen (secondary N) is 3. The maximum Gasteiger partial charge on any atom is 0.305 e. The first-order valence-electron chi connectivity index (χ1n) is 15.7. The van der Waals surface area contributed by atoms with Gasteiger partial charge >= 0.3 is 6.57 Å². The summed E-state index contributed by atoms with van der Waals surface area (Å²) in [6, 6.07) is 5.70. The Hall–Kier alpha value is -2.39. The topological polar surface area (TPSA) is 250 Å². The molecule has 2 unspecified atom stereocenters. The van der Waals surface area contributed by atoms with Crippen LogP contribution in [0.5, 0.6) is 5.75 Å². The standard InChI is InChI=1S/C29H54N7O11PS/c1-29(2,3)48(40,49)47-24-6-4-23(5-7-24)20-25(28(39)35-10-13-43-16-19-46-32)36(21-26(37)33-8-11-41-14-17-44-30)22-27(38)34-9-12-42-15-18-45-31/h4-7,25H,8-22,30-32H2,1-3H3,(H,33,37)(H,34,38)(H,35,39)(H,40,49). The molecule has 2 atom stereocenters. The Bertz CT molecular complexity index is 1100. The average Bonchev–Trinajstić information content (AvgIpc) is 3.04.